The lowest BCUT2D eigenvalue weighted by atomic mass is 10.2. The molecule has 0 fully saturated rings. The van der Waals surface area contributed by atoms with Crippen LogP contribution in [0.2, 0.25) is 0 Å². The van der Waals surface area contributed by atoms with Gasteiger partial charge in [-0.15, -0.1) is 18.3 Å². The highest BCUT2D eigenvalue weighted by Gasteiger charge is 2.31. The number of hydrogen-bond donors (Lipinski definition) is 0. The molecule has 0 saturated carbocycles. The first-order chi connectivity index (χ1) is 14.8. The van der Waals surface area contributed by atoms with Gasteiger partial charge >= 0.3 is 6.36 Å². The molecule has 31 heavy (non-hydrogen) atoms. The van der Waals surface area contributed by atoms with Crippen molar-refractivity contribution in [3.8, 4) is 34.7 Å². The van der Waals surface area contributed by atoms with Gasteiger partial charge in [-0.3, -0.25) is 0 Å². The summed E-state index contributed by atoms with van der Waals surface area (Å²) in [5.41, 5.74) is 1.36. The van der Waals surface area contributed by atoms with Crippen molar-refractivity contribution in [2.75, 3.05) is 7.11 Å². The van der Waals surface area contributed by atoms with Crippen LogP contribution in [0.1, 0.15) is 11.4 Å². The number of methoxy groups -OCH3 is 1. The lowest BCUT2D eigenvalue weighted by molar-refractivity contribution is -0.274. The Morgan fingerprint density at radius 2 is 1.84 bits per heavy atom. The summed E-state index contributed by atoms with van der Waals surface area (Å²) in [6, 6.07) is 8.74. The molecule has 4 aromatic rings. The zero-order chi connectivity index (χ0) is 22.0. The number of pyridine rings is 1. The molecule has 4 rings (SSSR count). The molecule has 0 aliphatic rings. The number of alkyl halides is 3. The Balaban J connectivity index is 1.52. The van der Waals surface area contributed by atoms with Gasteiger partial charge in [0.1, 0.15) is 11.6 Å². The zero-order valence-electron chi connectivity index (χ0n) is 16.3. The van der Waals surface area contributed by atoms with Gasteiger partial charge in [-0.1, -0.05) is 5.16 Å². The first kappa shape index (κ1) is 20.3. The van der Waals surface area contributed by atoms with Crippen LogP contribution in [0.5, 0.6) is 11.6 Å². The topological polar surface area (TPSA) is 101 Å². The van der Waals surface area contributed by atoms with Gasteiger partial charge in [0.05, 0.1) is 13.7 Å². The lowest BCUT2D eigenvalue weighted by Gasteiger charge is -2.08. The van der Waals surface area contributed by atoms with E-state index in [1.54, 1.807) is 23.9 Å². The van der Waals surface area contributed by atoms with Gasteiger partial charge in [0, 0.05) is 17.8 Å². The van der Waals surface area contributed by atoms with E-state index in [1.165, 1.54) is 31.4 Å². The monoisotopic (exact) mass is 432 g/mol. The Labute approximate surface area is 173 Å². The molecule has 0 amide bonds. The Kier molecular flexibility index (Phi) is 5.28. The van der Waals surface area contributed by atoms with Gasteiger partial charge < -0.3 is 14.0 Å². The molecule has 0 atom stereocenters. The third kappa shape index (κ3) is 4.79. The second-order valence-corrected chi connectivity index (χ2v) is 6.34. The van der Waals surface area contributed by atoms with E-state index in [0.29, 0.717) is 23.8 Å². The Morgan fingerprint density at radius 1 is 1.06 bits per heavy atom. The fourth-order valence-electron chi connectivity index (χ4n) is 2.73. The Hall–Kier alpha value is -3.96. The minimum atomic E-state index is -4.76. The van der Waals surface area contributed by atoms with E-state index in [0.717, 1.165) is 5.56 Å². The molecule has 0 bridgehead atoms. The predicted molar refractivity (Wildman–Crippen MR) is 100 cm³/mol. The molecule has 1 aromatic carbocycles. The van der Waals surface area contributed by atoms with Gasteiger partial charge in [0.25, 0.3) is 5.89 Å². The highest BCUT2D eigenvalue weighted by molar-refractivity contribution is 5.57. The number of aryl methyl sites for hydroxylation is 1. The van der Waals surface area contributed by atoms with Crippen molar-refractivity contribution < 1.29 is 27.2 Å². The number of hydrogen-bond acceptors (Lipinski definition) is 8. The zero-order valence-corrected chi connectivity index (χ0v) is 16.3. The third-order valence-corrected chi connectivity index (χ3v) is 4.16. The van der Waals surface area contributed by atoms with Gasteiger partial charge in [0.2, 0.25) is 17.5 Å². The highest BCUT2D eigenvalue weighted by atomic mass is 19.4. The molecule has 0 spiro atoms. The van der Waals surface area contributed by atoms with Gasteiger partial charge in [-0.2, -0.15) is 4.98 Å². The van der Waals surface area contributed by atoms with Crippen LogP contribution in [0.25, 0.3) is 23.1 Å². The molecule has 12 heteroatoms. The van der Waals surface area contributed by atoms with Gasteiger partial charge in [-0.05, 0) is 42.8 Å². The van der Waals surface area contributed by atoms with Crippen LogP contribution in [-0.4, -0.2) is 43.4 Å². The quantitative estimate of drug-likeness (QED) is 0.455. The molecule has 160 valence electrons. The number of aromatic nitrogens is 6. The molecule has 0 unspecified atom stereocenters. The van der Waals surface area contributed by atoms with Crippen LogP contribution in [0.4, 0.5) is 13.2 Å². The number of halogens is 3. The molecule has 0 aliphatic heterocycles. The average molecular weight is 432 g/mol. The minimum Gasteiger partial charge on any atom is -0.481 e. The molecule has 9 nitrogen and oxygen atoms in total. The van der Waals surface area contributed by atoms with Crippen LogP contribution in [0.15, 0.2) is 47.1 Å². The summed E-state index contributed by atoms with van der Waals surface area (Å²) in [7, 11) is 1.54. The van der Waals surface area contributed by atoms with Crippen molar-refractivity contribution in [1.82, 2.24) is 29.9 Å². The Bertz CT molecular complexity index is 1190. The standard InChI is InChI=1S/C19H15F3N6O3/c1-11-24-17(26-28(11)10-12-7-8-23-15(9-12)29-2)18-25-16(27-31-18)13-3-5-14(6-4-13)30-19(20,21)22/h3-9H,10H2,1-2H3. The van der Waals surface area contributed by atoms with Crippen LogP contribution in [-0.2, 0) is 6.54 Å². The second-order valence-electron chi connectivity index (χ2n) is 6.34. The molecular weight excluding hydrogens is 417 g/mol. The van der Waals surface area contributed by atoms with E-state index in [9.17, 15) is 13.2 Å². The molecular formula is C19H15F3N6O3. The minimum absolute atomic E-state index is 0.0831. The van der Waals surface area contributed by atoms with Crippen LogP contribution in [0, 0.1) is 6.92 Å². The summed E-state index contributed by atoms with van der Waals surface area (Å²) < 4.78 is 52.7. The predicted octanol–water partition coefficient (Wildman–Crippen LogP) is 3.65. The molecule has 3 heterocycles. The Morgan fingerprint density at radius 3 is 2.55 bits per heavy atom. The molecule has 0 aliphatic carbocycles. The van der Waals surface area contributed by atoms with Crippen LogP contribution < -0.4 is 9.47 Å². The maximum absolute atomic E-state index is 12.3. The van der Waals surface area contributed by atoms with Crippen molar-refractivity contribution in [3.05, 3.63) is 54.0 Å². The summed E-state index contributed by atoms with van der Waals surface area (Å²) in [5.74, 6) is 1.27. The summed E-state index contributed by atoms with van der Waals surface area (Å²) >= 11 is 0. The van der Waals surface area contributed by atoms with E-state index >= 15 is 0 Å². The fraction of sp³-hybridized carbons (Fsp3) is 0.211. The number of benzene rings is 1. The molecule has 0 N–H and O–H groups in total. The van der Waals surface area contributed by atoms with Crippen molar-refractivity contribution in [3.63, 3.8) is 0 Å². The summed E-state index contributed by atoms with van der Waals surface area (Å²) in [6.45, 7) is 2.21. The van der Waals surface area contributed by atoms with Crippen LogP contribution >= 0.6 is 0 Å². The first-order valence-electron chi connectivity index (χ1n) is 8.91. The molecule has 3 aromatic heterocycles. The maximum Gasteiger partial charge on any atom is 0.573 e. The van der Waals surface area contributed by atoms with Crippen molar-refractivity contribution >= 4 is 0 Å². The van der Waals surface area contributed by atoms with Gasteiger partial charge in [-0.25, -0.2) is 14.6 Å². The molecule has 0 saturated heterocycles. The number of rotatable bonds is 6. The van der Waals surface area contributed by atoms with E-state index in [2.05, 4.69) is 29.9 Å². The van der Waals surface area contributed by atoms with Crippen LogP contribution in [0.3, 0.4) is 0 Å². The fourth-order valence-corrected chi connectivity index (χ4v) is 2.73. The van der Waals surface area contributed by atoms with E-state index in [4.69, 9.17) is 9.26 Å². The van der Waals surface area contributed by atoms with Crippen molar-refractivity contribution in [1.29, 1.82) is 0 Å². The van der Waals surface area contributed by atoms with E-state index < -0.39 is 6.36 Å². The summed E-state index contributed by atoms with van der Waals surface area (Å²) in [5, 5.41) is 8.24. The second kappa shape index (κ2) is 8.05. The average Bonchev–Trinajstić information content (AvgIpc) is 3.35. The van der Waals surface area contributed by atoms with E-state index in [-0.39, 0.29) is 23.3 Å². The lowest BCUT2D eigenvalue weighted by Crippen LogP contribution is -2.16. The summed E-state index contributed by atoms with van der Waals surface area (Å²) in [6.07, 6.45) is -3.12. The smallest absolute Gasteiger partial charge is 0.481 e. The van der Waals surface area contributed by atoms with Gasteiger partial charge in [0.15, 0.2) is 0 Å². The van der Waals surface area contributed by atoms with Crippen molar-refractivity contribution in [2.24, 2.45) is 0 Å². The van der Waals surface area contributed by atoms with E-state index in [1.807, 2.05) is 6.07 Å². The highest BCUT2D eigenvalue weighted by Crippen LogP contribution is 2.26. The normalized spacial score (nSPS) is 11.5. The molecule has 0 radical (unpaired) electrons. The maximum atomic E-state index is 12.3. The summed E-state index contributed by atoms with van der Waals surface area (Å²) in [4.78, 5) is 12.6. The number of ether oxygens (including phenoxy) is 2. The van der Waals surface area contributed by atoms with Crippen molar-refractivity contribution in [2.45, 2.75) is 19.8 Å². The number of nitrogens with zero attached hydrogens (tertiary/aromatic N) is 6. The first-order valence-corrected chi connectivity index (χ1v) is 8.91. The third-order valence-electron chi connectivity index (χ3n) is 4.16. The largest absolute Gasteiger partial charge is 0.573 e. The SMILES string of the molecule is COc1cc(Cn2nc(-c3nc(-c4ccc(OC(F)(F)F)cc4)no3)nc2C)ccn1.